The first-order chi connectivity index (χ1) is 15.8. The van der Waals surface area contributed by atoms with Gasteiger partial charge in [0.25, 0.3) is 11.5 Å². The van der Waals surface area contributed by atoms with Gasteiger partial charge >= 0.3 is 6.09 Å². The summed E-state index contributed by atoms with van der Waals surface area (Å²) in [5, 5.41) is 21.9. The third-order valence-electron chi connectivity index (χ3n) is 5.53. The van der Waals surface area contributed by atoms with Crippen LogP contribution in [0.3, 0.4) is 0 Å². The monoisotopic (exact) mass is 460 g/mol. The summed E-state index contributed by atoms with van der Waals surface area (Å²) in [5.41, 5.74) is -0.956. The maximum Gasteiger partial charge on any atom is 0.404 e. The molecule has 2 heterocycles. The molecule has 0 spiro atoms. The van der Waals surface area contributed by atoms with E-state index < -0.39 is 35.0 Å². The van der Waals surface area contributed by atoms with E-state index in [1.165, 1.54) is 23.7 Å². The Kier molecular flexibility index (Phi) is 7.41. The van der Waals surface area contributed by atoms with E-state index in [1.54, 1.807) is 18.2 Å². The molecule has 1 aliphatic heterocycles. The Balaban J connectivity index is 2.15. The molecule has 33 heavy (non-hydrogen) atoms. The first kappa shape index (κ1) is 23.9. The van der Waals surface area contributed by atoms with Crippen LogP contribution in [0.4, 0.5) is 4.79 Å². The van der Waals surface area contributed by atoms with Gasteiger partial charge in [-0.05, 0) is 25.0 Å². The van der Waals surface area contributed by atoms with Gasteiger partial charge in [0.2, 0.25) is 5.88 Å². The zero-order chi connectivity index (χ0) is 24.1. The van der Waals surface area contributed by atoms with Crippen LogP contribution in [0.15, 0.2) is 23.0 Å². The van der Waals surface area contributed by atoms with Crippen LogP contribution in [0.1, 0.15) is 42.4 Å². The Morgan fingerprint density at radius 1 is 1.24 bits per heavy atom. The van der Waals surface area contributed by atoms with Crippen molar-refractivity contribution in [3.8, 4) is 23.1 Å². The van der Waals surface area contributed by atoms with Crippen molar-refractivity contribution in [2.45, 2.75) is 38.6 Å². The van der Waals surface area contributed by atoms with Crippen molar-refractivity contribution in [3.63, 3.8) is 0 Å². The first-order valence-electron chi connectivity index (χ1n) is 10.7. The molecule has 1 aromatic carbocycles. The van der Waals surface area contributed by atoms with E-state index in [0.29, 0.717) is 30.8 Å². The minimum absolute atomic E-state index is 0.0829. The molecule has 1 atom stereocenters. The molecule has 0 radical (unpaired) electrons. The van der Waals surface area contributed by atoms with Crippen LogP contribution in [0, 0.1) is 0 Å². The minimum atomic E-state index is -1.19. The van der Waals surface area contributed by atoms with Crippen molar-refractivity contribution in [2.24, 2.45) is 0 Å². The number of nitrogens with zero attached hydrogens (tertiary/aromatic N) is 3. The van der Waals surface area contributed by atoms with Crippen LogP contribution >= 0.6 is 0 Å². The standard InChI is InChI=1S/C22H28N4O7/c1-4-5-9-16-24-19(27)17(20(28)25-11-10-13(12-25)23-22(30)31)21(29)26(16)18-14(32-2)7-6-8-15(18)33-3/h6-8,13,23,27H,4-5,9-12H2,1-3H3,(H,30,31)/t13-/m1/s1. The molecule has 2 aromatic rings. The maximum atomic E-state index is 13.7. The average molecular weight is 460 g/mol. The number of ether oxygens (including phenoxy) is 2. The second-order valence-electron chi connectivity index (χ2n) is 7.67. The van der Waals surface area contributed by atoms with E-state index in [2.05, 4.69) is 10.3 Å². The summed E-state index contributed by atoms with van der Waals surface area (Å²) in [7, 11) is 2.91. The van der Waals surface area contributed by atoms with Crippen LogP contribution in [-0.2, 0) is 6.42 Å². The number of hydrogen-bond acceptors (Lipinski definition) is 7. The molecular formula is C22H28N4O7. The Labute approximate surface area is 190 Å². The molecule has 0 bridgehead atoms. The molecule has 11 nitrogen and oxygen atoms in total. The predicted molar refractivity (Wildman–Crippen MR) is 119 cm³/mol. The third kappa shape index (κ3) is 4.86. The Bertz CT molecular complexity index is 1080. The lowest BCUT2D eigenvalue weighted by atomic mass is 10.2. The molecule has 1 aromatic heterocycles. The second kappa shape index (κ2) is 10.2. The Morgan fingerprint density at radius 2 is 1.91 bits per heavy atom. The number of amides is 2. The highest BCUT2D eigenvalue weighted by Crippen LogP contribution is 2.33. The van der Waals surface area contributed by atoms with Gasteiger partial charge in [0.15, 0.2) is 5.56 Å². The summed E-state index contributed by atoms with van der Waals surface area (Å²) in [6.45, 7) is 2.30. The molecule has 0 unspecified atom stereocenters. The SMILES string of the molecule is CCCCc1nc(O)c(C(=O)N2CC[C@@H](NC(=O)O)C2)c(=O)n1-c1c(OC)cccc1OC. The van der Waals surface area contributed by atoms with Gasteiger partial charge in [0, 0.05) is 19.5 Å². The first-order valence-corrected chi connectivity index (χ1v) is 10.7. The Hall–Kier alpha value is -3.76. The number of benzene rings is 1. The highest BCUT2D eigenvalue weighted by Gasteiger charge is 2.33. The maximum absolute atomic E-state index is 13.7. The number of hydrogen-bond donors (Lipinski definition) is 3. The molecule has 3 N–H and O–H groups in total. The van der Waals surface area contributed by atoms with E-state index in [-0.39, 0.29) is 24.6 Å². The second-order valence-corrected chi connectivity index (χ2v) is 7.67. The largest absolute Gasteiger partial charge is 0.494 e. The number of nitrogens with one attached hydrogen (secondary N) is 1. The molecule has 0 saturated carbocycles. The molecule has 0 aliphatic carbocycles. The number of aromatic nitrogens is 2. The van der Waals surface area contributed by atoms with Crippen molar-refractivity contribution in [1.82, 2.24) is 19.8 Å². The summed E-state index contributed by atoms with van der Waals surface area (Å²) in [4.78, 5) is 43.3. The fraction of sp³-hybridized carbons (Fsp3) is 0.455. The fourth-order valence-corrected chi connectivity index (χ4v) is 3.92. The van der Waals surface area contributed by atoms with Crippen LogP contribution in [0.25, 0.3) is 5.69 Å². The van der Waals surface area contributed by atoms with E-state index in [9.17, 15) is 19.5 Å². The normalized spacial score (nSPS) is 15.4. The molecule has 1 fully saturated rings. The van der Waals surface area contributed by atoms with E-state index >= 15 is 0 Å². The number of para-hydroxylation sites is 1. The lowest BCUT2D eigenvalue weighted by Gasteiger charge is -2.21. The van der Waals surface area contributed by atoms with Crippen LogP contribution in [0.5, 0.6) is 17.4 Å². The minimum Gasteiger partial charge on any atom is -0.494 e. The van der Waals surface area contributed by atoms with E-state index in [1.807, 2.05) is 6.92 Å². The highest BCUT2D eigenvalue weighted by atomic mass is 16.5. The number of carboxylic acid groups (broad SMARTS) is 1. The van der Waals surface area contributed by atoms with Gasteiger partial charge in [-0.15, -0.1) is 0 Å². The summed E-state index contributed by atoms with van der Waals surface area (Å²) in [6, 6.07) is 4.56. The number of carbonyl (C=O) groups is 2. The number of aromatic hydroxyl groups is 1. The average Bonchev–Trinajstić information content (AvgIpc) is 3.24. The molecule has 178 valence electrons. The summed E-state index contributed by atoms with van der Waals surface area (Å²) < 4.78 is 12.2. The van der Waals surface area contributed by atoms with Gasteiger partial charge < -0.3 is 29.9 Å². The van der Waals surface area contributed by atoms with Gasteiger partial charge in [-0.3, -0.25) is 14.2 Å². The van der Waals surface area contributed by atoms with E-state index in [0.717, 1.165) is 6.42 Å². The zero-order valence-electron chi connectivity index (χ0n) is 18.8. The number of methoxy groups -OCH3 is 2. The van der Waals surface area contributed by atoms with Gasteiger partial charge in [0.05, 0.1) is 20.3 Å². The van der Waals surface area contributed by atoms with Crippen molar-refractivity contribution >= 4 is 12.0 Å². The Morgan fingerprint density at radius 3 is 2.48 bits per heavy atom. The highest BCUT2D eigenvalue weighted by molar-refractivity contribution is 5.96. The summed E-state index contributed by atoms with van der Waals surface area (Å²) in [5.74, 6) is -0.426. The smallest absolute Gasteiger partial charge is 0.404 e. The third-order valence-corrected chi connectivity index (χ3v) is 5.53. The molecule has 1 aliphatic rings. The number of likely N-dealkylation sites (tertiary alicyclic amines) is 1. The number of unbranched alkanes of at least 4 members (excludes halogenated alkanes) is 1. The van der Waals surface area contributed by atoms with Crippen molar-refractivity contribution in [2.75, 3.05) is 27.3 Å². The van der Waals surface area contributed by atoms with Crippen molar-refractivity contribution in [1.29, 1.82) is 0 Å². The zero-order valence-corrected chi connectivity index (χ0v) is 18.8. The lowest BCUT2D eigenvalue weighted by Crippen LogP contribution is -2.40. The quantitative estimate of drug-likeness (QED) is 0.541. The lowest BCUT2D eigenvalue weighted by molar-refractivity contribution is 0.0782. The predicted octanol–water partition coefficient (Wildman–Crippen LogP) is 1.78. The molecule has 2 amide bonds. The van der Waals surface area contributed by atoms with Crippen LogP contribution in [-0.4, -0.2) is 70.0 Å². The van der Waals surface area contributed by atoms with E-state index in [4.69, 9.17) is 14.6 Å². The van der Waals surface area contributed by atoms with Crippen LogP contribution < -0.4 is 20.3 Å². The van der Waals surface area contributed by atoms with Gasteiger partial charge in [0.1, 0.15) is 23.0 Å². The number of carbonyl (C=O) groups excluding carboxylic acids is 1. The number of aryl methyl sites for hydroxylation is 1. The summed E-state index contributed by atoms with van der Waals surface area (Å²) >= 11 is 0. The topological polar surface area (TPSA) is 143 Å². The molecule has 1 saturated heterocycles. The number of rotatable bonds is 8. The van der Waals surface area contributed by atoms with Gasteiger partial charge in [-0.25, -0.2) is 4.79 Å². The fourth-order valence-electron chi connectivity index (χ4n) is 3.92. The van der Waals surface area contributed by atoms with Crippen molar-refractivity contribution in [3.05, 3.63) is 39.9 Å². The van der Waals surface area contributed by atoms with Crippen LogP contribution in [0.2, 0.25) is 0 Å². The van der Waals surface area contributed by atoms with Crippen molar-refractivity contribution < 1.29 is 29.3 Å². The molecular weight excluding hydrogens is 432 g/mol. The summed E-state index contributed by atoms with van der Waals surface area (Å²) in [6.07, 6.45) is 1.11. The molecule has 3 rings (SSSR count). The molecule has 11 heteroatoms. The van der Waals surface area contributed by atoms with Gasteiger partial charge in [-0.1, -0.05) is 19.4 Å². The van der Waals surface area contributed by atoms with Gasteiger partial charge in [-0.2, -0.15) is 4.98 Å².